The molecule has 0 aliphatic heterocycles. The normalized spacial score (nSPS) is 16.4. The number of hydrogen-bond acceptors (Lipinski definition) is 2. The van der Waals surface area contributed by atoms with E-state index in [0.29, 0.717) is 6.54 Å². The Morgan fingerprint density at radius 2 is 2.23 bits per heavy atom. The molecule has 0 bridgehead atoms. The van der Waals surface area contributed by atoms with Crippen molar-refractivity contribution in [3.8, 4) is 0 Å². The molecule has 0 fully saturated rings. The first kappa shape index (κ1) is 15.0. The van der Waals surface area contributed by atoms with Crippen LogP contribution in [0.4, 0.5) is 4.79 Å². The highest BCUT2D eigenvalue weighted by atomic mass is 35.5. The molecule has 1 atom stereocenters. The molecule has 22 heavy (non-hydrogen) atoms. The van der Waals surface area contributed by atoms with Crippen LogP contribution < -0.4 is 10.6 Å². The SMILES string of the molecule is Cc1cc(CNC(=O)NC2CCc3c(Cl)cccc32)c(C)o1. The number of fused-ring (bicyclic) bond motifs is 1. The molecule has 3 rings (SSSR count). The number of amides is 2. The Bertz CT molecular complexity index is 709. The maximum atomic E-state index is 12.1. The van der Waals surface area contributed by atoms with Crippen molar-refractivity contribution < 1.29 is 9.21 Å². The van der Waals surface area contributed by atoms with Crippen LogP contribution >= 0.6 is 11.6 Å². The Morgan fingerprint density at radius 1 is 1.41 bits per heavy atom. The van der Waals surface area contributed by atoms with Crippen LogP contribution in [0.15, 0.2) is 28.7 Å². The van der Waals surface area contributed by atoms with E-state index in [1.165, 1.54) is 0 Å². The van der Waals surface area contributed by atoms with Gasteiger partial charge in [0.25, 0.3) is 0 Å². The molecule has 0 radical (unpaired) electrons. The first-order chi connectivity index (χ1) is 10.5. The summed E-state index contributed by atoms with van der Waals surface area (Å²) in [5, 5.41) is 6.69. The number of halogens is 1. The molecule has 1 heterocycles. The van der Waals surface area contributed by atoms with Gasteiger partial charge in [0, 0.05) is 17.1 Å². The molecule has 5 heteroatoms. The van der Waals surface area contributed by atoms with Crippen LogP contribution in [-0.2, 0) is 13.0 Å². The summed E-state index contributed by atoms with van der Waals surface area (Å²) in [6, 6.07) is 7.66. The minimum atomic E-state index is -0.170. The second-order valence-corrected chi connectivity index (χ2v) is 6.07. The van der Waals surface area contributed by atoms with E-state index in [9.17, 15) is 4.79 Å². The van der Waals surface area contributed by atoms with Crippen molar-refractivity contribution in [1.29, 1.82) is 0 Å². The molecule has 1 unspecified atom stereocenters. The molecule has 2 N–H and O–H groups in total. The first-order valence-corrected chi connectivity index (χ1v) is 7.80. The van der Waals surface area contributed by atoms with Crippen LogP contribution in [0.25, 0.3) is 0 Å². The third-order valence-electron chi connectivity index (χ3n) is 4.10. The van der Waals surface area contributed by atoms with E-state index in [4.69, 9.17) is 16.0 Å². The van der Waals surface area contributed by atoms with Gasteiger partial charge in [-0.1, -0.05) is 23.7 Å². The van der Waals surface area contributed by atoms with E-state index < -0.39 is 0 Å². The van der Waals surface area contributed by atoms with E-state index in [-0.39, 0.29) is 12.1 Å². The number of hydrogen-bond donors (Lipinski definition) is 2. The van der Waals surface area contributed by atoms with Gasteiger partial charge in [-0.2, -0.15) is 0 Å². The fourth-order valence-corrected chi connectivity index (χ4v) is 3.28. The topological polar surface area (TPSA) is 54.3 Å². The fourth-order valence-electron chi connectivity index (χ4n) is 3.00. The second-order valence-electron chi connectivity index (χ2n) is 5.66. The quantitative estimate of drug-likeness (QED) is 0.897. The summed E-state index contributed by atoms with van der Waals surface area (Å²) in [5.41, 5.74) is 3.27. The number of aryl methyl sites for hydroxylation is 2. The number of furan rings is 1. The predicted octanol–water partition coefficient (Wildman–Crippen LogP) is 4.04. The number of urea groups is 1. The molecule has 1 aromatic carbocycles. The molecular formula is C17H19ClN2O2. The van der Waals surface area contributed by atoms with E-state index >= 15 is 0 Å². The maximum absolute atomic E-state index is 12.1. The highest BCUT2D eigenvalue weighted by molar-refractivity contribution is 6.31. The van der Waals surface area contributed by atoms with Crippen molar-refractivity contribution in [2.45, 2.75) is 39.3 Å². The fraction of sp³-hybridized carbons (Fsp3) is 0.353. The molecule has 1 aliphatic rings. The third-order valence-corrected chi connectivity index (χ3v) is 4.46. The average Bonchev–Trinajstić information content (AvgIpc) is 3.01. The van der Waals surface area contributed by atoms with E-state index in [1.807, 2.05) is 38.1 Å². The monoisotopic (exact) mass is 318 g/mol. The van der Waals surface area contributed by atoms with Crippen LogP contribution in [0, 0.1) is 13.8 Å². The Morgan fingerprint density at radius 3 is 2.95 bits per heavy atom. The molecular weight excluding hydrogens is 300 g/mol. The van der Waals surface area contributed by atoms with Crippen molar-refractivity contribution in [2.24, 2.45) is 0 Å². The summed E-state index contributed by atoms with van der Waals surface area (Å²) in [6.45, 7) is 4.26. The Labute approximate surface area is 134 Å². The van der Waals surface area contributed by atoms with Crippen LogP contribution in [0.1, 0.15) is 40.7 Å². The smallest absolute Gasteiger partial charge is 0.315 e. The lowest BCUT2D eigenvalue weighted by molar-refractivity contribution is 0.236. The van der Waals surface area contributed by atoms with Crippen LogP contribution in [0.2, 0.25) is 5.02 Å². The van der Waals surface area contributed by atoms with Gasteiger partial charge in [-0.3, -0.25) is 0 Å². The standard InChI is InChI=1S/C17H19ClN2O2/c1-10-8-12(11(2)22-10)9-19-17(21)20-16-7-6-13-14(16)4-3-5-15(13)18/h3-5,8,16H,6-7,9H2,1-2H3,(H2,19,20,21). The summed E-state index contributed by atoms with van der Waals surface area (Å²) >= 11 is 6.19. The zero-order chi connectivity index (χ0) is 15.7. The van der Waals surface area contributed by atoms with Crippen molar-refractivity contribution in [1.82, 2.24) is 10.6 Å². The molecule has 1 aromatic heterocycles. The van der Waals surface area contributed by atoms with Crippen molar-refractivity contribution >= 4 is 17.6 Å². The molecule has 1 aliphatic carbocycles. The zero-order valence-electron chi connectivity index (χ0n) is 12.7. The molecule has 116 valence electrons. The average molecular weight is 319 g/mol. The summed E-state index contributed by atoms with van der Waals surface area (Å²) in [6.07, 6.45) is 1.79. The second kappa shape index (κ2) is 6.05. The van der Waals surface area contributed by atoms with E-state index in [1.54, 1.807) is 0 Å². The van der Waals surface area contributed by atoms with Crippen LogP contribution in [0.3, 0.4) is 0 Å². The molecule has 0 saturated heterocycles. The molecule has 0 spiro atoms. The number of nitrogens with one attached hydrogen (secondary N) is 2. The van der Waals surface area contributed by atoms with Gasteiger partial charge in [0.1, 0.15) is 11.5 Å². The lowest BCUT2D eigenvalue weighted by atomic mass is 10.1. The molecule has 2 aromatic rings. The Hall–Kier alpha value is -1.94. The highest BCUT2D eigenvalue weighted by Gasteiger charge is 2.25. The predicted molar refractivity (Wildman–Crippen MR) is 86.1 cm³/mol. The van der Waals surface area contributed by atoms with Gasteiger partial charge >= 0.3 is 6.03 Å². The maximum Gasteiger partial charge on any atom is 0.315 e. The molecule has 0 saturated carbocycles. The Balaban J connectivity index is 1.60. The van der Waals surface area contributed by atoms with E-state index in [0.717, 1.165) is 46.1 Å². The summed E-state index contributed by atoms with van der Waals surface area (Å²) in [7, 11) is 0. The Kier molecular flexibility index (Phi) is 4.12. The number of carbonyl (C=O) groups excluding carboxylic acids is 1. The molecule has 2 amide bonds. The van der Waals surface area contributed by atoms with Gasteiger partial charge in [-0.25, -0.2) is 4.79 Å². The minimum absolute atomic E-state index is 0.0286. The number of carbonyl (C=O) groups is 1. The summed E-state index contributed by atoms with van der Waals surface area (Å²) < 4.78 is 5.45. The zero-order valence-corrected chi connectivity index (χ0v) is 13.5. The number of benzene rings is 1. The number of rotatable bonds is 3. The largest absolute Gasteiger partial charge is 0.466 e. The van der Waals surface area contributed by atoms with Crippen LogP contribution in [-0.4, -0.2) is 6.03 Å². The van der Waals surface area contributed by atoms with Gasteiger partial charge in [0.15, 0.2) is 0 Å². The van der Waals surface area contributed by atoms with Crippen molar-refractivity contribution in [2.75, 3.05) is 0 Å². The first-order valence-electron chi connectivity index (χ1n) is 7.42. The van der Waals surface area contributed by atoms with Crippen molar-refractivity contribution in [3.05, 3.63) is 57.5 Å². The van der Waals surface area contributed by atoms with Crippen molar-refractivity contribution in [3.63, 3.8) is 0 Å². The van der Waals surface area contributed by atoms with E-state index in [2.05, 4.69) is 10.6 Å². The van der Waals surface area contributed by atoms with Gasteiger partial charge in [-0.15, -0.1) is 0 Å². The highest BCUT2D eigenvalue weighted by Crippen LogP contribution is 2.35. The van der Waals surface area contributed by atoms with Crippen LogP contribution in [0.5, 0.6) is 0 Å². The van der Waals surface area contributed by atoms with Gasteiger partial charge in [0.2, 0.25) is 0 Å². The van der Waals surface area contributed by atoms with Gasteiger partial charge in [-0.05, 0) is 49.9 Å². The summed E-state index contributed by atoms with van der Waals surface area (Å²) in [5.74, 6) is 1.70. The molecule has 4 nitrogen and oxygen atoms in total. The third kappa shape index (κ3) is 2.97. The lowest BCUT2D eigenvalue weighted by Crippen LogP contribution is -2.36. The minimum Gasteiger partial charge on any atom is -0.466 e. The van der Waals surface area contributed by atoms with Gasteiger partial charge < -0.3 is 15.1 Å². The summed E-state index contributed by atoms with van der Waals surface area (Å²) in [4.78, 5) is 12.1. The lowest BCUT2D eigenvalue weighted by Gasteiger charge is -2.15. The van der Waals surface area contributed by atoms with Gasteiger partial charge in [0.05, 0.1) is 6.04 Å².